The molecule has 0 spiro atoms. The van der Waals surface area contributed by atoms with Crippen LogP contribution in [0.4, 0.5) is 5.69 Å². The molecular formula is C14H20N2O2. The third-order valence-corrected chi connectivity index (χ3v) is 3.77. The number of carbonyl (C=O) groups is 1. The molecule has 0 saturated carbocycles. The third-order valence-electron chi connectivity index (χ3n) is 3.77. The van der Waals surface area contributed by atoms with Gasteiger partial charge in [0.15, 0.2) is 0 Å². The Hall–Kier alpha value is -1.55. The number of aliphatic hydroxyl groups excluding tert-OH is 1. The first kappa shape index (κ1) is 12.9. The second-order valence-corrected chi connectivity index (χ2v) is 4.94. The fraction of sp³-hybridized carbons (Fsp3) is 0.500. The normalized spacial score (nSPS) is 16.9. The van der Waals surface area contributed by atoms with Crippen molar-refractivity contribution in [3.05, 3.63) is 29.3 Å². The van der Waals surface area contributed by atoms with Crippen molar-refractivity contribution in [3.63, 3.8) is 0 Å². The van der Waals surface area contributed by atoms with E-state index in [0.29, 0.717) is 17.2 Å². The molecule has 1 aromatic carbocycles. The van der Waals surface area contributed by atoms with Gasteiger partial charge in [0.2, 0.25) is 0 Å². The van der Waals surface area contributed by atoms with Crippen LogP contribution >= 0.6 is 0 Å². The molecule has 1 aliphatic heterocycles. The molecule has 1 aliphatic rings. The minimum absolute atomic E-state index is 0.0520. The number of carbonyl (C=O) groups excluding carboxylic acids is 1. The van der Waals surface area contributed by atoms with Gasteiger partial charge in [0.25, 0.3) is 5.91 Å². The topological polar surface area (TPSA) is 66.6 Å². The lowest BCUT2D eigenvalue weighted by molar-refractivity contribution is 0.0650. The molecule has 2 rings (SSSR count). The van der Waals surface area contributed by atoms with Crippen molar-refractivity contribution in [3.8, 4) is 0 Å². The molecule has 0 unspecified atom stereocenters. The summed E-state index contributed by atoms with van der Waals surface area (Å²) < 4.78 is 0. The minimum Gasteiger partial charge on any atom is -0.398 e. The van der Waals surface area contributed by atoms with E-state index < -0.39 is 0 Å². The Morgan fingerprint density at radius 1 is 1.44 bits per heavy atom. The van der Waals surface area contributed by atoms with Gasteiger partial charge in [-0.25, -0.2) is 0 Å². The number of rotatable bonds is 2. The number of aliphatic hydroxyl groups is 1. The predicted molar refractivity (Wildman–Crippen MR) is 71.3 cm³/mol. The Labute approximate surface area is 107 Å². The fourth-order valence-corrected chi connectivity index (χ4v) is 2.37. The number of amides is 1. The van der Waals surface area contributed by atoms with Gasteiger partial charge in [-0.1, -0.05) is 6.07 Å². The molecule has 98 valence electrons. The Morgan fingerprint density at radius 2 is 2.11 bits per heavy atom. The summed E-state index contributed by atoms with van der Waals surface area (Å²) in [5.41, 5.74) is 8.03. The first-order valence-electron chi connectivity index (χ1n) is 6.38. The van der Waals surface area contributed by atoms with E-state index in [2.05, 4.69) is 0 Å². The SMILES string of the molecule is Cc1c(N)cccc1C(=O)N1CCC(CO)CC1. The highest BCUT2D eigenvalue weighted by atomic mass is 16.3. The number of hydrogen-bond donors (Lipinski definition) is 2. The number of anilines is 1. The zero-order valence-electron chi connectivity index (χ0n) is 10.7. The second kappa shape index (κ2) is 5.40. The Kier molecular flexibility index (Phi) is 3.87. The van der Waals surface area contributed by atoms with E-state index in [1.165, 1.54) is 0 Å². The molecule has 4 nitrogen and oxygen atoms in total. The van der Waals surface area contributed by atoms with E-state index in [-0.39, 0.29) is 12.5 Å². The summed E-state index contributed by atoms with van der Waals surface area (Å²) in [6.45, 7) is 3.54. The van der Waals surface area contributed by atoms with Gasteiger partial charge in [0.1, 0.15) is 0 Å². The first-order valence-corrected chi connectivity index (χ1v) is 6.38. The summed E-state index contributed by atoms with van der Waals surface area (Å²) in [5.74, 6) is 0.396. The smallest absolute Gasteiger partial charge is 0.254 e. The summed E-state index contributed by atoms with van der Waals surface area (Å²) in [6.07, 6.45) is 1.76. The van der Waals surface area contributed by atoms with E-state index in [9.17, 15) is 4.79 Å². The summed E-state index contributed by atoms with van der Waals surface area (Å²) in [4.78, 5) is 14.2. The Morgan fingerprint density at radius 3 is 2.72 bits per heavy atom. The van der Waals surface area contributed by atoms with Gasteiger partial charge < -0.3 is 15.7 Å². The molecular weight excluding hydrogens is 228 g/mol. The van der Waals surface area contributed by atoms with Crippen LogP contribution in [0, 0.1) is 12.8 Å². The maximum Gasteiger partial charge on any atom is 0.254 e. The second-order valence-electron chi connectivity index (χ2n) is 4.94. The molecule has 0 bridgehead atoms. The molecule has 0 radical (unpaired) electrons. The number of likely N-dealkylation sites (tertiary alicyclic amines) is 1. The average molecular weight is 248 g/mol. The molecule has 4 heteroatoms. The van der Waals surface area contributed by atoms with Gasteiger partial charge in [0.05, 0.1) is 0 Å². The Bertz CT molecular complexity index is 437. The van der Waals surface area contributed by atoms with Gasteiger partial charge in [-0.3, -0.25) is 4.79 Å². The molecule has 1 aromatic rings. The van der Waals surface area contributed by atoms with Crippen LogP contribution in [0.5, 0.6) is 0 Å². The minimum atomic E-state index is 0.0520. The molecule has 1 fully saturated rings. The van der Waals surface area contributed by atoms with E-state index in [0.717, 1.165) is 31.5 Å². The average Bonchev–Trinajstić information content (AvgIpc) is 2.41. The quantitative estimate of drug-likeness (QED) is 0.778. The van der Waals surface area contributed by atoms with Crippen LogP contribution in [0.15, 0.2) is 18.2 Å². The van der Waals surface area contributed by atoms with Crippen LogP contribution < -0.4 is 5.73 Å². The first-order chi connectivity index (χ1) is 8.63. The lowest BCUT2D eigenvalue weighted by Gasteiger charge is -2.31. The molecule has 0 aromatic heterocycles. The van der Waals surface area contributed by atoms with Gasteiger partial charge in [-0.2, -0.15) is 0 Å². The zero-order chi connectivity index (χ0) is 13.1. The summed E-state index contributed by atoms with van der Waals surface area (Å²) >= 11 is 0. The number of benzene rings is 1. The summed E-state index contributed by atoms with van der Waals surface area (Å²) in [5, 5.41) is 9.09. The summed E-state index contributed by atoms with van der Waals surface area (Å²) in [7, 11) is 0. The highest BCUT2D eigenvalue weighted by Gasteiger charge is 2.24. The maximum atomic E-state index is 12.4. The van der Waals surface area contributed by atoms with E-state index in [1.807, 2.05) is 30.0 Å². The van der Waals surface area contributed by atoms with Crippen LogP contribution in [-0.2, 0) is 0 Å². The summed E-state index contributed by atoms with van der Waals surface area (Å²) in [6, 6.07) is 5.45. The molecule has 3 N–H and O–H groups in total. The standard InChI is InChI=1S/C14H20N2O2/c1-10-12(3-2-4-13(10)15)14(18)16-7-5-11(9-17)6-8-16/h2-4,11,17H,5-9,15H2,1H3. The highest BCUT2D eigenvalue weighted by Crippen LogP contribution is 2.21. The number of nitrogens with zero attached hydrogens (tertiary/aromatic N) is 1. The Balaban J connectivity index is 2.10. The van der Waals surface area contributed by atoms with E-state index in [1.54, 1.807) is 0 Å². The molecule has 1 amide bonds. The van der Waals surface area contributed by atoms with E-state index >= 15 is 0 Å². The molecule has 0 aliphatic carbocycles. The van der Waals surface area contributed by atoms with Crippen LogP contribution in [0.2, 0.25) is 0 Å². The number of hydrogen-bond acceptors (Lipinski definition) is 3. The molecule has 1 heterocycles. The van der Waals surface area contributed by atoms with Crippen molar-refractivity contribution in [2.45, 2.75) is 19.8 Å². The zero-order valence-corrected chi connectivity index (χ0v) is 10.7. The largest absolute Gasteiger partial charge is 0.398 e. The molecule has 1 saturated heterocycles. The van der Waals surface area contributed by atoms with Crippen molar-refractivity contribution in [1.29, 1.82) is 0 Å². The van der Waals surface area contributed by atoms with Gasteiger partial charge >= 0.3 is 0 Å². The number of nitrogen functional groups attached to an aromatic ring is 1. The van der Waals surface area contributed by atoms with Gasteiger partial charge in [-0.15, -0.1) is 0 Å². The number of nitrogens with two attached hydrogens (primary N) is 1. The molecule has 18 heavy (non-hydrogen) atoms. The van der Waals surface area contributed by atoms with Gasteiger partial charge in [-0.05, 0) is 43.4 Å². The van der Waals surface area contributed by atoms with Crippen molar-refractivity contribution in [1.82, 2.24) is 4.90 Å². The van der Waals surface area contributed by atoms with Crippen LogP contribution in [0.3, 0.4) is 0 Å². The fourth-order valence-electron chi connectivity index (χ4n) is 2.37. The van der Waals surface area contributed by atoms with E-state index in [4.69, 9.17) is 10.8 Å². The van der Waals surface area contributed by atoms with Gasteiger partial charge in [0, 0.05) is 30.9 Å². The maximum absolute atomic E-state index is 12.4. The van der Waals surface area contributed by atoms with Crippen LogP contribution in [0.25, 0.3) is 0 Å². The lowest BCUT2D eigenvalue weighted by atomic mass is 9.96. The number of piperidine rings is 1. The van der Waals surface area contributed by atoms with Crippen LogP contribution in [0.1, 0.15) is 28.8 Å². The third kappa shape index (κ3) is 2.48. The predicted octanol–water partition coefficient (Wildman–Crippen LogP) is 1.42. The van der Waals surface area contributed by atoms with Crippen LogP contribution in [-0.4, -0.2) is 35.6 Å². The molecule has 0 atom stereocenters. The van der Waals surface area contributed by atoms with Crippen molar-refractivity contribution >= 4 is 11.6 Å². The van der Waals surface area contributed by atoms with Crippen molar-refractivity contribution in [2.75, 3.05) is 25.4 Å². The monoisotopic (exact) mass is 248 g/mol. The van der Waals surface area contributed by atoms with Crippen molar-refractivity contribution < 1.29 is 9.90 Å². The lowest BCUT2D eigenvalue weighted by Crippen LogP contribution is -2.39. The highest BCUT2D eigenvalue weighted by molar-refractivity contribution is 5.96. The van der Waals surface area contributed by atoms with Crippen molar-refractivity contribution in [2.24, 2.45) is 5.92 Å².